The predicted molar refractivity (Wildman–Crippen MR) is 133 cm³/mol. The van der Waals surface area contributed by atoms with Crippen molar-refractivity contribution in [3.63, 3.8) is 0 Å². The van der Waals surface area contributed by atoms with Gasteiger partial charge in [-0.15, -0.1) is 0 Å². The Kier molecular flexibility index (Phi) is 7.06. The number of ketones is 1. The summed E-state index contributed by atoms with van der Waals surface area (Å²) in [4.78, 5) is 34.2. The number of aliphatic hydroxyl groups is 1. The highest BCUT2D eigenvalue weighted by atomic mass is 16.5. The molecule has 1 atom stereocenters. The minimum absolute atomic E-state index is 0.0602. The molecular formula is C28H27N3O5. The number of benzene rings is 2. The fraction of sp³-hybridized carbons (Fsp3) is 0.250. The number of carbonyl (C=O) groups is 2. The summed E-state index contributed by atoms with van der Waals surface area (Å²) in [6.45, 7) is 3.76. The van der Waals surface area contributed by atoms with Crippen molar-refractivity contribution < 1.29 is 24.2 Å². The molecule has 0 bridgehead atoms. The molecule has 184 valence electrons. The third kappa shape index (κ3) is 5.00. The van der Waals surface area contributed by atoms with Gasteiger partial charge in [0, 0.05) is 44.1 Å². The molecule has 1 amide bonds. The first-order valence-electron chi connectivity index (χ1n) is 11.9. The lowest BCUT2D eigenvalue weighted by atomic mass is 9.95. The summed E-state index contributed by atoms with van der Waals surface area (Å²) in [6, 6.07) is 19.1. The Hall–Kier alpha value is -4.01. The lowest BCUT2D eigenvalue weighted by Crippen LogP contribution is -2.42. The number of aromatic nitrogens is 1. The van der Waals surface area contributed by atoms with Crippen LogP contribution in [0.1, 0.15) is 17.2 Å². The third-order valence-corrected chi connectivity index (χ3v) is 6.41. The van der Waals surface area contributed by atoms with Crippen LogP contribution in [0.25, 0.3) is 5.76 Å². The Morgan fingerprint density at radius 3 is 2.42 bits per heavy atom. The SMILES string of the molecule is O=C1C(=O)N(CCN2CCOCC2)C(c2cccc(Oc3ccccc3)c2)C1=C(O)c1ccncc1. The second kappa shape index (κ2) is 10.7. The van der Waals surface area contributed by atoms with E-state index < -0.39 is 17.7 Å². The van der Waals surface area contributed by atoms with Crippen molar-refractivity contribution >= 4 is 17.4 Å². The smallest absolute Gasteiger partial charge is 0.295 e. The minimum atomic E-state index is -0.751. The fourth-order valence-corrected chi connectivity index (χ4v) is 4.57. The van der Waals surface area contributed by atoms with E-state index in [1.165, 1.54) is 12.4 Å². The van der Waals surface area contributed by atoms with Crippen LogP contribution in [0.15, 0.2) is 84.7 Å². The van der Waals surface area contributed by atoms with Crippen molar-refractivity contribution in [1.82, 2.24) is 14.8 Å². The summed E-state index contributed by atoms with van der Waals surface area (Å²) in [5, 5.41) is 11.2. The highest BCUT2D eigenvalue weighted by molar-refractivity contribution is 6.46. The average Bonchev–Trinajstić information content (AvgIpc) is 3.18. The highest BCUT2D eigenvalue weighted by Gasteiger charge is 2.46. The largest absolute Gasteiger partial charge is 0.507 e. The topological polar surface area (TPSA) is 92.2 Å². The van der Waals surface area contributed by atoms with Crippen LogP contribution in [-0.2, 0) is 14.3 Å². The molecule has 1 N–H and O–H groups in total. The van der Waals surface area contributed by atoms with Gasteiger partial charge in [-0.05, 0) is 42.0 Å². The number of morpholine rings is 1. The monoisotopic (exact) mass is 485 g/mol. The van der Waals surface area contributed by atoms with Gasteiger partial charge < -0.3 is 19.5 Å². The molecule has 2 aliphatic heterocycles. The molecule has 3 aromatic rings. The number of amides is 1. The number of Topliss-reactive ketones (excluding diaryl/α,β-unsaturated/α-hetero) is 1. The van der Waals surface area contributed by atoms with Crippen LogP contribution in [0.5, 0.6) is 11.5 Å². The van der Waals surface area contributed by atoms with Gasteiger partial charge in [0.05, 0.1) is 24.8 Å². The zero-order valence-electron chi connectivity index (χ0n) is 19.7. The van der Waals surface area contributed by atoms with Crippen LogP contribution in [0.2, 0.25) is 0 Å². The number of nitrogens with zero attached hydrogens (tertiary/aromatic N) is 3. The first-order valence-corrected chi connectivity index (χ1v) is 11.9. The molecule has 0 radical (unpaired) electrons. The molecular weight excluding hydrogens is 458 g/mol. The Morgan fingerprint density at radius 1 is 0.944 bits per heavy atom. The zero-order valence-corrected chi connectivity index (χ0v) is 19.7. The molecule has 2 fully saturated rings. The van der Waals surface area contributed by atoms with Crippen LogP contribution < -0.4 is 4.74 Å². The van der Waals surface area contributed by atoms with E-state index in [2.05, 4.69) is 9.88 Å². The molecule has 0 aliphatic carbocycles. The Labute approximate surface area is 209 Å². The number of pyridine rings is 1. The number of hydrogen-bond donors (Lipinski definition) is 1. The van der Waals surface area contributed by atoms with Crippen molar-refractivity contribution in [1.29, 1.82) is 0 Å². The number of aliphatic hydroxyl groups excluding tert-OH is 1. The minimum Gasteiger partial charge on any atom is -0.507 e. The van der Waals surface area contributed by atoms with Gasteiger partial charge in [-0.2, -0.15) is 0 Å². The van der Waals surface area contributed by atoms with Gasteiger partial charge >= 0.3 is 0 Å². The first-order chi connectivity index (χ1) is 17.6. The number of carbonyl (C=O) groups excluding carboxylic acids is 2. The Balaban J connectivity index is 1.52. The first kappa shape index (κ1) is 23.7. The molecule has 8 heteroatoms. The molecule has 1 aromatic heterocycles. The van der Waals surface area contributed by atoms with Crippen molar-refractivity contribution in [2.75, 3.05) is 39.4 Å². The van der Waals surface area contributed by atoms with Crippen LogP contribution >= 0.6 is 0 Å². The fourth-order valence-electron chi connectivity index (χ4n) is 4.57. The second-order valence-corrected chi connectivity index (χ2v) is 8.67. The number of ether oxygens (including phenoxy) is 2. The van der Waals surface area contributed by atoms with Crippen LogP contribution in [0.3, 0.4) is 0 Å². The van der Waals surface area contributed by atoms with E-state index in [4.69, 9.17) is 9.47 Å². The second-order valence-electron chi connectivity index (χ2n) is 8.67. The summed E-state index contributed by atoms with van der Waals surface area (Å²) >= 11 is 0. The lowest BCUT2D eigenvalue weighted by Gasteiger charge is -2.31. The number of likely N-dealkylation sites (tertiary alicyclic amines) is 1. The summed E-state index contributed by atoms with van der Waals surface area (Å²) in [5.41, 5.74) is 1.17. The molecule has 2 aromatic carbocycles. The van der Waals surface area contributed by atoms with Crippen molar-refractivity contribution in [3.05, 3.63) is 95.8 Å². The summed E-state index contributed by atoms with van der Waals surface area (Å²) in [5.74, 6) is -0.304. The maximum absolute atomic E-state index is 13.3. The predicted octanol–water partition coefficient (Wildman–Crippen LogP) is 3.63. The van der Waals surface area contributed by atoms with Gasteiger partial charge in [0.25, 0.3) is 11.7 Å². The average molecular weight is 486 g/mol. The van der Waals surface area contributed by atoms with Gasteiger partial charge in [-0.1, -0.05) is 30.3 Å². The molecule has 2 saturated heterocycles. The maximum atomic E-state index is 13.3. The molecule has 2 aliphatic rings. The van der Waals surface area contributed by atoms with Crippen LogP contribution in [-0.4, -0.2) is 71.0 Å². The summed E-state index contributed by atoms with van der Waals surface area (Å²) in [6.07, 6.45) is 3.07. The number of hydrogen-bond acceptors (Lipinski definition) is 7. The van der Waals surface area contributed by atoms with Gasteiger partial charge in [-0.3, -0.25) is 19.5 Å². The molecule has 5 rings (SSSR count). The summed E-state index contributed by atoms with van der Waals surface area (Å²) in [7, 11) is 0. The Bertz CT molecular complexity index is 1260. The van der Waals surface area contributed by atoms with Gasteiger partial charge in [0.1, 0.15) is 17.3 Å². The van der Waals surface area contributed by atoms with Gasteiger partial charge in [0.15, 0.2) is 0 Å². The molecule has 3 heterocycles. The molecule has 0 spiro atoms. The van der Waals surface area contributed by atoms with E-state index >= 15 is 0 Å². The zero-order chi connectivity index (χ0) is 24.9. The van der Waals surface area contributed by atoms with Gasteiger partial charge in [0.2, 0.25) is 0 Å². The van der Waals surface area contributed by atoms with E-state index in [1.807, 2.05) is 54.6 Å². The maximum Gasteiger partial charge on any atom is 0.295 e. The Morgan fingerprint density at radius 2 is 1.67 bits per heavy atom. The van der Waals surface area contributed by atoms with E-state index in [-0.39, 0.29) is 11.3 Å². The normalized spacial score (nSPS) is 20.0. The molecule has 0 saturated carbocycles. The van der Waals surface area contributed by atoms with E-state index in [0.29, 0.717) is 48.9 Å². The van der Waals surface area contributed by atoms with E-state index in [0.717, 1.165) is 13.1 Å². The molecule has 8 nitrogen and oxygen atoms in total. The van der Waals surface area contributed by atoms with E-state index in [1.54, 1.807) is 17.0 Å². The van der Waals surface area contributed by atoms with Gasteiger partial charge in [-0.25, -0.2) is 0 Å². The van der Waals surface area contributed by atoms with Crippen molar-refractivity contribution in [2.24, 2.45) is 0 Å². The third-order valence-electron chi connectivity index (χ3n) is 6.41. The van der Waals surface area contributed by atoms with Crippen molar-refractivity contribution in [3.8, 4) is 11.5 Å². The van der Waals surface area contributed by atoms with Crippen molar-refractivity contribution in [2.45, 2.75) is 6.04 Å². The number of para-hydroxylation sites is 1. The van der Waals surface area contributed by atoms with E-state index in [9.17, 15) is 14.7 Å². The number of rotatable bonds is 7. The molecule has 1 unspecified atom stereocenters. The van der Waals surface area contributed by atoms with Crippen LogP contribution in [0.4, 0.5) is 0 Å². The van der Waals surface area contributed by atoms with Crippen LogP contribution in [0, 0.1) is 0 Å². The highest BCUT2D eigenvalue weighted by Crippen LogP contribution is 2.40. The quantitative estimate of drug-likeness (QED) is 0.310. The molecule has 36 heavy (non-hydrogen) atoms. The summed E-state index contributed by atoms with van der Waals surface area (Å²) < 4.78 is 11.4. The standard InChI is InChI=1S/C28H27N3O5/c32-26(20-9-11-29-12-10-20)24-25(21-5-4-8-23(19-21)36-22-6-2-1-3-7-22)31(28(34)27(24)33)14-13-30-15-17-35-18-16-30/h1-12,19,25,32H,13-18H2. The lowest BCUT2D eigenvalue weighted by molar-refractivity contribution is -0.140.